The van der Waals surface area contributed by atoms with Gasteiger partial charge < -0.3 is 20.5 Å². The third-order valence-electron chi connectivity index (χ3n) is 5.56. The molecule has 0 spiro atoms. The Morgan fingerprint density at radius 2 is 2.03 bits per heavy atom. The molecular weight excluding hydrogens is 450 g/mol. The molecule has 0 saturated carbocycles. The standard InChI is InChI=1S/C25H33N5O3S/c1-5-6-10-27-24-20(16(2)29-25(26)30-24)14-19-8-7-18(12-21(19)32-4)13-23(31)33-11-9-22-17(3)28-15-34-22/h7-8,12,15H,5-6,9-11,13-14H2,1-4H3,(H3,26,27,29,30). The topological polar surface area (TPSA) is 112 Å². The number of unbranched alkanes of at least 4 members (excludes halogenated alkanes) is 1. The van der Waals surface area contributed by atoms with Gasteiger partial charge in [0.2, 0.25) is 5.95 Å². The molecule has 0 saturated heterocycles. The zero-order chi connectivity index (χ0) is 24.5. The molecule has 9 heteroatoms. The van der Waals surface area contributed by atoms with E-state index in [0.29, 0.717) is 25.2 Å². The maximum Gasteiger partial charge on any atom is 0.310 e. The van der Waals surface area contributed by atoms with Crippen molar-refractivity contribution in [2.24, 2.45) is 0 Å². The summed E-state index contributed by atoms with van der Waals surface area (Å²) in [4.78, 5) is 26.5. The number of methoxy groups -OCH3 is 1. The van der Waals surface area contributed by atoms with E-state index >= 15 is 0 Å². The van der Waals surface area contributed by atoms with Gasteiger partial charge in [-0.15, -0.1) is 11.3 Å². The SMILES string of the molecule is CCCCNc1nc(N)nc(C)c1Cc1ccc(CC(=O)OCCc2scnc2C)cc1OC. The quantitative estimate of drug-likeness (QED) is 0.290. The second-order valence-corrected chi connectivity index (χ2v) is 9.05. The van der Waals surface area contributed by atoms with E-state index in [0.717, 1.165) is 58.2 Å². The van der Waals surface area contributed by atoms with Crippen molar-refractivity contribution in [1.82, 2.24) is 15.0 Å². The summed E-state index contributed by atoms with van der Waals surface area (Å²) < 4.78 is 11.1. The summed E-state index contributed by atoms with van der Waals surface area (Å²) in [7, 11) is 1.63. The zero-order valence-electron chi connectivity index (χ0n) is 20.3. The molecular formula is C25H33N5O3S. The molecule has 0 bridgehead atoms. The van der Waals surface area contributed by atoms with E-state index in [1.807, 2.05) is 37.6 Å². The lowest BCUT2D eigenvalue weighted by Crippen LogP contribution is -2.12. The van der Waals surface area contributed by atoms with E-state index in [1.54, 1.807) is 18.4 Å². The van der Waals surface area contributed by atoms with Gasteiger partial charge in [-0.3, -0.25) is 4.79 Å². The average molecular weight is 484 g/mol. The lowest BCUT2D eigenvalue weighted by molar-refractivity contribution is -0.142. The first kappa shape index (κ1) is 25.4. The van der Waals surface area contributed by atoms with E-state index in [4.69, 9.17) is 15.2 Å². The Morgan fingerprint density at radius 1 is 1.21 bits per heavy atom. The molecule has 0 fully saturated rings. The van der Waals surface area contributed by atoms with E-state index in [2.05, 4.69) is 27.2 Å². The van der Waals surface area contributed by atoms with Gasteiger partial charge in [-0.25, -0.2) is 9.97 Å². The number of nitrogens with zero attached hydrogens (tertiary/aromatic N) is 3. The predicted octanol–water partition coefficient (Wildman–Crippen LogP) is 4.27. The van der Waals surface area contributed by atoms with Crippen LogP contribution in [0.1, 0.15) is 52.7 Å². The molecule has 3 rings (SSSR count). The molecule has 2 aromatic heterocycles. The molecule has 0 aliphatic rings. The zero-order valence-corrected chi connectivity index (χ0v) is 21.1. The van der Waals surface area contributed by atoms with Gasteiger partial charge in [-0.2, -0.15) is 4.98 Å². The van der Waals surface area contributed by atoms with Crippen LogP contribution < -0.4 is 15.8 Å². The van der Waals surface area contributed by atoms with Crippen molar-refractivity contribution in [2.75, 3.05) is 31.3 Å². The van der Waals surface area contributed by atoms with Gasteiger partial charge in [0.05, 0.1) is 31.3 Å². The summed E-state index contributed by atoms with van der Waals surface area (Å²) in [5.74, 6) is 1.46. The van der Waals surface area contributed by atoms with Crippen LogP contribution in [0.5, 0.6) is 5.75 Å². The number of rotatable bonds is 12. The highest BCUT2D eigenvalue weighted by Gasteiger charge is 2.15. The fourth-order valence-corrected chi connectivity index (χ4v) is 4.40. The Bertz CT molecular complexity index is 1120. The molecule has 0 aliphatic carbocycles. The van der Waals surface area contributed by atoms with Gasteiger partial charge in [0.1, 0.15) is 11.6 Å². The van der Waals surface area contributed by atoms with Crippen molar-refractivity contribution < 1.29 is 14.3 Å². The van der Waals surface area contributed by atoms with Gasteiger partial charge >= 0.3 is 5.97 Å². The highest BCUT2D eigenvalue weighted by Crippen LogP contribution is 2.28. The molecule has 34 heavy (non-hydrogen) atoms. The molecule has 3 aromatic rings. The smallest absolute Gasteiger partial charge is 0.310 e. The van der Waals surface area contributed by atoms with Gasteiger partial charge in [0.15, 0.2) is 0 Å². The third kappa shape index (κ3) is 6.90. The number of hydrogen-bond acceptors (Lipinski definition) is 9. The van der Waals surface area contributed by atoms with Crippen LogP contribution in [0.15, 0.2) is 23.7 Å². The summed E-state index contributed by atoms with van der Waals surface area (Å²) in [6, 6.07) is 5.81. The minimum Gasteiger partial charge on any atom is -0.496 e. The Labute approximate surface area is 205 Å². The van der Waals surface area contributed by atoms with Crippen LogP contribution in [0.4, 0.5) is 11.8 Å². The second kappa shape index (κ2) is 12.3. The Hall–Kier alpha value is -3.20. The number of thiazole rings is 1. The van der Waals surface area contributed by atoms with Crippen molar-refractivity contribution in [3.63, 3.8) is 0 Å². The highest BCUT2D eigenvalue weighted by atomic mass is 32.1. The Morgan fingerprint density at radius 3 is 2.74 bits per heavy atom. The van der Waals surface area contributed by atoms with Gasteiger partial charge in [-0.1, -0.05) is 25.5 Å². The number of ether oxygens (including phenoxy) is 2. The van der Waals surface area contributed by atoms with Crippen LogP contribution in [-0.2, 0) is 28.8 Å². The number of carbonyl (C=O) groups excluding carboxylic acids is 1. The van der Waals surface area contributed by atoms with Gasteiger partial charge in [-0.05, 0) is 37.5 Å². The third-order valence-corrected chi connectivity index (χ3v) is 6.55. The molecule has 0 radical (unpaired) electrons. The van der Waals surface area contributed by atoms with Gasteiger partial charge in [0.25, 0.3) is 0 Å². The maximum atomic E-state index is 12.3. The predicted molar refractivity (Wildman–Crippen MR) is 136 cm³/mol. The molecule has 182 valence electrons. The molecule has 1 aromatic carbocycles. The monoisotopic (exact) mass is 483 g/mol. The highest BCUT2D eigenvalue weighted by molar-refractivity contribution is 7.09. The average Bonchev–Trinajstić information content (AvgIpc) is 3.21. The first-order valence-corrected chi connectivity index (χ1v) is 12.4. The number of benzene rings is 1. The summed E-state index contributed by atoms with van der Waals surface area (Å²) in [6.07, 6.45) is 3.59. The van der Waals surface area contributed by atoms with Crippen LogP contribution in [-0.4, -0.2) is 41.2 Å². The number of carbonyl (C=O) groups is 1. The number of hydrogen-bond donors (Lipinski definition) is 2. The second-order valence-electron chi connectivity index (χ2n) is 8.11. The molecule has 3 N–H and O–H groups in total. The van der Waals surface area contributed by atoms with Crippen molar-refractivity contribution in [3.8, 4) is 5.75 Å². The first-order valence-electron chi connectivity index (χ1n) is 11.5. The molecule has 0 aliphatic heterocycles. The number of aryl methyl sites for hydroxylation is 2. The number of nitrogens with two attached hydrogens (primary N) is 1. The number of aromatic nitrogens is 3. The number of esters is 1. The van der Waals surface area contributed by atoms with Crippen LogP contribution in [0, 0.1) is 13.8 Å². The summed E-state index contributed by atoms with van der Waals surface area (Å²) >= 11 is 1.58. The molecule has 2 heterocycles. The van der Waals surface area contributed by atoms with Crippen molar-refractivity contribution in [1.29, 1.82) is 0 Å². The van der Waals surface area contributed by atoms with Crippen molar-refractivity contribution in [3.05, 3.63) is 56.7 Å². The summed E-state index contributed by atoms with van der Waals surface area (Å²) in [6.45, 7) is 7.21. The normalized spacial score (nSPS) is 10.8. The van der Waals surface area contributed by atoms with Crippen molar-refractivity contribution in [2.45, 2.75) is 52.9 Å². The van der Waals surface area contributed by atoms with E-state index < -0.39 is 0 Å². The van der Waals surface area contributed by atoms with Crippen LogP contribution >= 0.6 is 11.3 Å². The first-order chi connectivity index (χ1) is 16.4. The fourth-order valence-electron chi connectivity index (χ4n) is 3.64. The Kier molecular flexibility index (Phi) is 9.21. The molecule has 0 atom stereocenters. The minimum absolute atomic E-state index is 0.187. The minimum atomic E-state index is -0.262. The maximum absolute atomic E-state index is 12.3. The number of anilines is 2. The lowest BCUT2D eigenvalue weighted by Gasteiger charge is -2.16. The van der Waals surface area contributed by atoms with Crippen LogP contribution in [0.2, 0.25) is 0 Å². The fraction of sp³-hybridized carbons (Fsp3) is 0.440. The van der Waals surface area contributed by atoms with E-state index in [-0.39, 0.29) is 18.3 Å². The number of nitrogens with one attached hydrogen (secondary N) is 1. The van der Waals surface area contributed by atoms with Crippen LogP contribution in [0.3, 0.4) is 0 Å². The number of nitrogen functional groups attached to an aromatic ring is 1. The van der Waals surface area contributed by atoms with Crippen LogP contribution in [0.25, 0.3) is 0 Å². The molecule has 8 nitrogen and oxygen atoms in total. The van der Waals surface area contributed by atoms with E-state index in [1.165, 1.54) is 0 Å². The molecule has 0 amide bonds. The van der Waals surface area contributed by atoms with Gasteiger partial charge in [0, 0.05) is 35.5 Å². The lowest BCUT2D eigenvalue weighted by atomic mass is 10.0. The summed E-state index contributed by atoms with van der Waals surface area (Å²) in [5, 5.41) is 3.39. The van der Waals surface area contributed by atoms with E-state index in [9.17, 15) is 4.79 Å². The Balaban J connectivity index is 1.67. The largest absolute Gasteiger partial charge is 0.496 e. The summed E-state index contributed by atoms with van der Waals surface area (Å²) in [5.41, 5.74) is 12.3. The molecule has 0 unspecified atom stereocenters. The van der Waals surface area contributed by atoms with Crippen molar-refractivity contribution >= 4 is 29.1 Å².